The number of carbonyl (C=O) groups is 1. The van der Waals surface area contributed by atoms with E-state index < -0.39 is 0 Å². The summed E-state index contributed by atoms with van der Waals surface area (Å²) in [5.74, 6) is -0.166. The Morgan fingerprint density at radius 3 is 2.44 bits per heavy atom. The number of aryl methyl sites for hydroxylation is 1. The Balaban J connectivity index is 1.43. The second-order valence-electron chi connectivity index (χ2n) is 8.43. The zero-order valence-corrected chi connectivity index (χ0v) is 19.6. The van der Waals surface area contributed by atoms with Crippen LogP contribution in [0.3, 0.4) is 0 Å². The van der Waals surface area contributed by atoms with Crippen molar-refractivity contribution in [2.45, 2.75) is 19.8 Å². The predicted molar refractivity (Wildman–Crippen MR) is 136 cm³/mol. The minimum absolute atomic E-state index is 0.0237. The molecule has 172 valence electrons. The van der Waals surface area contributed by atoms with E-state index in [9.17, 15) is 14.9 Å². The van der Waals surface area contributed by atoms with Gasteiger partial charge in [0, 0.05) is 25.1 Å². The van der Waals surface area contributed by atoms with Gasteiger partial charge in [-0.15, -0.1) is 0 Å². The number of carbonyl (C=O) groups excluding carboxylic acids is 1. The first-order chi connectivity index (χ1) is 16.5. The Kier molecular flexibility index (Phi) is 5.98. The molecule has 0 spiro atoms. The number of nitrogens with zero attached hydrogens (tertiary/aromatic N) is 4. The number of nitro groups is 1. The summed E-state index contributed by atoms with van der Waals surface area (Å²) in [6.45, 7) is 3.17. The molecule has 1 saturated heterocycles. The molecule has 3 aromatic carbocycles. The van der Waals surface area contributed by atoms with Crippen molar-refractivity contribution >= 4 is 49.7 Å². The Hall–Kier alpha value is -3.78. The van der Waals surface area contributed by atoms with Crippen LogP contribution >= 0.6 is 11.3 Å². The highest BCUT2D eigenvalue weighted by Gasteiger charge is 2.33. The fourth-order valence-electron chi connectivity index (χ4n) is 4.52. The van der Waals surface area contributed by atoms with Crippen molar-refractivity contribution in [3.8, 4) is 0 Å². The molecule has 0 atom stereocenters. The third kappa shape index (κ3) is 4.12. The van der Waals surface area contributed by atoms with E-state index in [1.165, 1.54) is 17.4 Å². The average molecular weight is 473 g/mol. The molecule has 0 saturated carbocycles. The van der Waals surface area contributed by atoms with Gasteiger partial charge >= 0.3 is 0 Å². The van der Waals surface area contributed by atoms with Crippen molar-refractivity contribution in [2.75, 3.05) is 22.9 Å². The summed E-state index contributed by atoms with van der Waals surface area (Å²) in [7, 11) is 0. The fraction of sp³-hybridized carbons (Fsp3) is 0.231. The van der Waals surface area contributed by atoms with Crippen LogP contribution in [0.15, 0.2) is 72.8 Å². The number of thiazole rings is 1. The monoisotopic (exact) mass is 472 g/mol. The second-order valence-corrected chi connectivity index (χ2v) is 9.44. The fourth-order valence-corrected chi connectivity index (χ4v) is 5.51. The van der Waals surface area contributed by atoms with Gasteiger partial charge in [-0.3, -0.25) is 19.8 Å². The molecule has 4 aromatic rings. The number of rotatable bonds is 5. The number of anilines is 3. The maximum Gasteiger partial charge on any atom is 0.292 e. The largest absolute Gasteiger partial charge is 0.366 e. The van der Waals surface area contributed by atoms with Crippen molar-refractivity contribution in [3.05, 3.63) is 88.5 Å². The molecule has 5 rings (SSSR count). The third-order valence-electron chi connectivity index (χ3n) is 6.31. The number of aromatic nitrogens is 1. The highest BCUT2D eigenvalue weighted by Crippen LogP contribution is 2.38. The SMILES string of the molecule is Cc1ccccc1N(C(=O)C1CCN(c2ccccc2[N+](=O)[O-])CC1)c1nc2ccccc2s1. The quantitative estimate of drug-likeness (QED) is 0.259. The highest BCUT2D eigenvalue weighted by molar-refractivity contribution is 7.22. The van der Waals surface area contributed by atoms with E-state index in [4.69, 9.17) is 4.98 Å². The Bertz CT molecular complexity index is 1330. The minimum atomic E-state index is -0.348. The lowest BCUT2D eigenvalue weighted by Crippen LogP contribution is -2.41. The molecule has 7 nitrogen and oxygen atoms in total. The van der Waals surface area contributed by atoms with E-state index in [-0.39, 0.29) is 22.4 Å². The van der Waals surface area contributed by atoms with Crippen LogP contribution < -0.4 is 9.80 Å². The first-order valence-electron chi connectivity index (χ1n) is 11.3. The lowest BCUT2D eigenvalue weighted by Gasteiger charge is -2.34. The first-order valence-corrected chi connectivity index (χ1v) is 12.1. The number of piperidine rings is 1. The highest BCUT2D eigenvalue weighted by atomic mass is 32.1. The van der Waals surface area contributed by atoms with E-state index in [1.54, 1.807) is 17.0 Å². The molecule has 1 amide bonds. The molecule has 1 aromatic heterocycles. The Labute approximate surface area is 201 Å². The zero-order valence-electron chi connectivity index (χ0n) is 18.8. The molecular weight excluding hydrogens is 448 g/mol. The molecule has 0 aliphatic carbocycles. The molecule has 0 unspecified atom stereocenters. The van der Waals surface area contributed by atoms with Crippen LogP contribution in [-0.2, 0) is 4.79 Å². The normalized spacial score (nSPS) is 14.3. The zero-order chi connectivity index (χ0) is 23.7. The predicted octanol–water partition coefficient (Wildman–Crippen LogP) is 6.09. The van der Waals surface area contributed by atoms with Crippen LogP contribution in [0.4, 0.5) is 22.2 Å². The lowest BCUT2D eigenvalue weighted by atomic mass is 9.94. The number of para-hydroxylation sites is 4. The standard InChI is InChI=1S/C26H24N4O3S/c1-18-8-2-4-10-21(18)29(26-27-20-9-3-7-13-24(20)34-26)25(31)19-14-16-28(17-15-19)22-11-5-6-12-23(22)30(32)33/h2-13,19H,14-17H2,1H3. The van der Waals surface area contributed by atoms with E-state index in [1.807, 2.05) is 66.4 Å². The van der Waals surface area contributed by atoms with Crippen LogP contribution in [0.25, 0.3) is 10.2 Å². The van der Waals surface area contributed by atoms with Gasteiger partial charge in [-0.25, -0.2) is 4.98 Å². The van der Waals surface area contributed by atoms with Crippen LogP contribution in [0.2, 0.25) is 0 Å². The molecule has 34 heavy (non-hydrogen) atoms. The van der Waals surface area contributed by atoms with E-state index in [0.717, 1.165) is 21.5 Å². The third-order valence-corrected chi connectivity index (χ3v) is 7.34. The van der Waals surface area contributed by atoms with Gasteiger partial charge in [0.2, 0.25) is 5.91 Å². The number of fused-ring (bicyclic) bond motifs is 1. The molecule has 0 bridgehead atoms. The maximum absolute atomic E-state index is 13.9. The van der Waals surface area contributed by atoms with Gasteiger partial charge < -0.3 is 4.90 Å². The number of amides is 1. The summed E-state index contributed by atoms with van der Waals surface area (Å²) in [4.78, 5) is 33.6. The van der Waals surface area contributed by atoms with Gasteiger partial charge in [-0.2, -0.15) is 0 Å². The number of hydrogen-bond acceptors (Lipinski definition) is 6. The van der Waals surface area contributed by atoms with Crippen molar-refractivity contribution in [1.29, 1.82) is 0 Å². The molecule has 8 heteroatoms. The Morgan fingerprint density at radius 2 is 1.71 bits per heavy atom. The summed E-state index contributed by atoms with van der Waals surface area (Å²) in [6, 6.07) is 22.6. The van der Waals surface area contributed by atoms with Crippen molar-refractivity contribution in [1.82, 2.24) is 4.98 Å². The van der Waals surface area contributed by atoms with E-state index >= 15 is 0 Å². The second kappa shape index (κ2) is 9.23. The topological polar surface area (TPSA) is 79.6 Å². The van der Waals surface area contributed by atoms with Crippen LogP contribution in [0.5, 0.6) is 0 Å². The molecule has 1 aliphatic heterocycles. The molecule has 0 radical (unpaired) electrons. The number of hydrogen-bond donors (Lipinski definition) is 0. The van der Waals surface area contributed by atoms with Gasteiger partial charge in [0.15, 0.2) is 5.13 Å². The smallest absolute Gasteiger partial charge is 0.292 e. The molecule has 1 aliphatic rings. The summed E-state index contributed by atoms with van der Waals surface area (Å²) < 4.78 is 1.04. The number of nitro benzene ring substituents is 1. The van der Waals surface area contributed by atoms with E-state index in [2.05, 4.69) is 0 Å². The lowest BCUT2D eigenvalue weighted by molar-refractivity contribution is -0.384. The molecule has 2 heterocycles. The van der Waals surface area contributed by atoms with Gasteiger partial charge in [0.05, 0.1) is 20.8 Å². The molecule has 1 fully saturated rings. The van der Waals surface area contributed by atoms with Gasteiger partial charge in [-0.1, -0.05) is 53.8 Å². The summed E-state index contributed by atoms with van der Waals surface area (Å²) in [5, 5.41) is 12.1. The minimum Gasteiger partial charge on any atom is -0.366 e. The maximum atomic E-state index is 13.9. The molecule has 0 N–H and O–H groups in total. The van der Waals surface area contributed by atoms with Crippen molar-refractivity contribution in [2.24, 2.45) is 5.92 Å². The molecular formula is C26H24N4O3S. The van der Waals surface area contributed by atoms with Crippen LogP contribution in [0.1, 0.15) is 18.4 Å². The summed E-state index contributed by atoms with van der Waals surface area (Å²) in [5.41, 5.74) is 3.43. The van der Waals surface area contributed by atoms with Gasteiger partial charge in [0.1, 0.15) is 5.69 Å². The average Bonchev–Trinajstić information content (AvgIpc) is 3.29. The number of benzene rings is 3. The van der Waals surface area contributed by atoms with Crippen molar-refractivity contribution in [3.63, 3.8) is 0 Å². The van der Waals surface area contributed by atoms with E-state index in [0.29, 0.717) is 36.8 Å². The summed E-state index contributed by atoms with van der Waals surface area (Å²) >= 11 is 1.51. The first kappa shape index (κ1) is 22.0. The van der Waals surface area contributed by atoms with Gasteiger partial charge in [0.25, 0.3) is 5.69 Å². The van der Waals surface area contributed by atoms with Crippen LogP contribution in [0, 0.1) is 23.0 Å². The van der Waals surface area contributed by atoms with Gasteiger partial charge in [-0.05, 0) is 49.6 Å². The summed E-state index contributed by atoms with van der Waals surface area (Å²) in [6.07, 6.45) is 1.25. The van der Waals surface area contributed by atoms with Crippen molar-refractivity contribution < 1.29 is 9.72 Å². The van der Waals surface area contributed by atoms with Crippen LogP contribution in [-0.4, -0.2) is 28.9 Å². The Morgan fingerprint density at radius 1 is 1.03 bits per heavy atom.